The number of carbonyl (C=O) groups is 1. The summed E-state index contributed by atoms with van der Waals surface area (Å²) in [7, 11) is 0. The van der Waals surface area contributed by atoms with Crippen LogP contribution in [0.25, 0.3) is 28.1 Å². The van der Waals surface area contributed by atoms with Gasteiger partial charge in [0.15, 0.2) is 0 Å². The van der Waals surface area contributed by atoms with E-state index in [-0.39, 0.29) is 5.78 Å². The molecule has 1 aromatic heterocycles. The summed E-state index contributed by atoms with van der Waals surface area (Å²) in [5.41, 5.74) is 7.55. The number of pyridine rings is 1. The smallest absolute Gasteiger partial charge is 0.260 e. The first-order valence-electron chi connectivity index (χ1n) is 11.1. The zero-order chi connectivity index (χ0) is 22.6. The van der Waals surface area contributed by atoms with Gasteiger partial charge < -0.3 is 0 Å². The van der Waals surface area contributed by atoms with E-state index in [2.05, 4.69) is 66.1 Å². The van der Waals surface area contributed by atoms with Crippen LogP contribution in [0.4, 0.5) is 0 Å². The molecule has 5 rings (SSSR count). The molecule has 0 aliphatic rings. The molecule has 0 aliphatic heterocycles. The Kier molecular flexibility index (Phi) is 5.65. The minimum absolute atomic E-state index is 0.00821. The lowest BCUT2D eigenvalue weighted by atomic mass is 9.98. The second kappa shape index (κ2) is 9.05. The maximum Gasteiger partial charge on any atom is 0.260 e. The molecule has 2 nitrogen and oxygen atoms in total. The van der Waals surface area contributed by atoms with Crippen LogP contribution in [-0.2, 0) is 0 Å². The van der Waals surface area contributed by atoms with Gasteiger partial charge >= 0.3 is 0 Å². The van der Waals surface area contributed by atoms with Gasteiger partial charge in [-0.25, -0.2) is 0 Å². The van der Waals surface area contributed by atoms with Gasteiger partial charge in [0, 0.05) is 35.4 Å². The molecule has 0 bridgehead atoms. The van der Waals surface area contributed by atoms with E-state index in [4.69, 9.17) is 0 Å². The lowest BCUT2D eigenvalue weighted by Gasteiger charge is -2.12. The van der Waals surface area contributed by atoms with Crippen molar-refractivity contribution in [1.82, 2.24) is 0 Å². The predicted molar refractivity (Wildman–Crippen MR) is 133 cm³/mol. The maximum absolute atomic E-state index is 13.9. The Bertz CT molecular complexity index is 1390. The molecule has 0 saturated carbocycles. The van der Waals surface area contributed by atoms with E-state index in [1.807, 2.05) is 72.8 Å². The summed E-state index contributed by atoms with van der Waals surface area (Å²) in [5.74, 6) is -0.00821. The van der Waals surface area contributed by atoms with Gasteiger partial charge in [-0.2, -0.15) is 0 Å². The van der Waals surface area contributed by atoms with Gasteiger partial charge in [0.1, 0.15) is 0 Å². The van der Waals surface area contributed by atoms with Crippen molar-refractivity contribution in [2.24, 2.45) is 0 Å². The Morgan fingerprint density at radius 1 is 0.576 bits per heavy atom. The fourth-order valence-electron chi connectivity index (χ4n) is 4.09. The quantitative estimate of drug-likeness (QED) is 0.223. The van der Waals surface area contributed by atoms with Crippen molar-refractivity contribution >= 4 is 5.78 Å². The summed E-state index contributed by atoms with van der Waals surface area (Å²) < 4.78 is 2.08. The molecule has 0 saturated heterocycles. The van der Waals surface area contributed by atoms with Gasteiger partial charge in [-0.1, -0.05) is 96.6 Å². The first-order chi connectivity index (χ1) is 16.2. The molecule has 158 valence electrons. The molecule has 0 N–H and O–H groups in total. The highest BCUT2D eigenvalue weighted by atomic mass is 16.1. The molecule has 5 aromatic rings. The average Bonchev–Trinajstić information content (AvgIpc) is 2.89. The number of hydrogen-bond acceptors (Lipinski definition) is 1. The lowest BCUT2D eigenvalue weighted by Crippen LogP contribution is -2.40. The number of hydrogen-bond donors (Lipinski definition) is 0. The minimum Gasteiger partial charge on any atom is -0.282 e. The summed E-state index contributed by atoms with van der Waals surface area (Å²) in [6.07, 6.45) is 0. The van der Waals surface area contributed by atoms with Crippen LogP contribution in [0.3, 0.4) is 0 Å². The third-order valence-electron chi connectivity index (χ3n) is 5.80. The zero-order valence-corrected chi connectivity index (χ0v) is 18.5. The first kappa shape index (κ1) is 20.6. The highest BCUT2D eigenvalue weighted by Gasteiger charge is 2.28. The molecular formula is C31H24NO+. The van der Waals surface area contributed by atoms with E-state index >= 15 is 0 Å². The topological polar surface area (TPSA) is 20.9 Å². The van der Waals surface area contributed by atoms with E-state index < -0.39 is 0 Å². The third-order valence-corrected chi connectivity index (χ3v) is 5.80. The molecule has 0 amide bonds. The summed E-state index contributed by atoms with van der Waals surface area (Å²) in [4.78, 5) is 13.9. The normalized spacial score (nSPS) is 10.7. The second-order valence-electron chi connectivity index (χ2n) is 8.11. The van der Waals surface area contributed by atoms with Crippen LogP contribution in [0.15, 0.2) is 127 Å². The molecule has 0 atom stereocenters. The van der Waals surface area contributed by atoms with Gasteiger partial charge in [0.25, 0.3) is 11.5 Å². The van der Waals surface area contributed by atoms with E-state index in [1.54, 1.807) is 0 Å². The Morgan fingerprint density at radius 2 is 1.12 bits per heavy atom. The number of nitrogens with zero attached hydrogens (tertiary/aromatic N) is 1. The van der Waals surface area contributed by atoms with Gasteiger partial charge in [0.2, 0.25) is 11.4 Å². The summed E-state index contributed by atoms with van der Waals surface area (Å²) >= 11 is 0. The van der Waals surface area contributed by atoms with Gasteiger partial charge in [-0.05, 0) is 30.2 Å². The van der Waals surface area contributed by atoms with E-state index in [0.29, 0.717) is 11.3 Å². The van der Waals surface area contributed by atoms with Crippen LogP contribution in [0.2, 0.25) is 0 Å². The second-order valence-corrected chi connectivity index (χ2v) is 8.11. The summed E-state index contributed by atoms with van der Waals surface area (Å²) in [6, 6.07) is 42.5. The van der Waals surface area contributed by atoms with Crippen LogP contribution in [0, 0.1) is 6.92 Å². The number of aromatic nitrogens is 1. The zero-order valence-electron chi connectivity index (χ0n) is 18.5. The van der Waals surface area contributed by atoms with E-state index in [9.17, 15) is 4.79 Å². The number of benzene rings is 4. The lowest BCUT2D eigenvalue weighted by molar-refractivity contribution is -0.586. The molecule has 0 fully saturated rings. The Labute approximate surface area is 194 Å². The van der Waals surface area contributed by atoms with Crippen LogP contribution < -0.4 is 4.57 Å². The molecular weight excluding hydrogens is 402 g/mol. The summed E-state index contributed by atoms with van der Waals surface area (Å²) in [6.45, 7) is 2.07. The average molecular weight is 427 g/mol. The number of aryl methyl sites for hydroxylation is 1. The molecule has 0 aliphatic carbocycles. The highest BCUT2D eigenvalue weighted by Crippen LogP contribution is 2.27. The van der Waals surface area contributed by atoms with Crippen LogP contribution in [0.1, 0.15) is 21.6 Å². The fourth-order valence-corrected chi connectivity index (χ4v) is 4.09. The highest BCUT2D eigenvalue weighted by molar-refractivity contribution is 6.07. The summed E-state index contributed by atoms with van der Waals surface area (Å²) in [5, 5.41) is 0. The van der Waals surface area contributed by atoms with Crippen molar-refractivity contribution in [3.05, 3.63) is 144 Å². The standard InChI is InChI=1S/C31H24NO/c1-23-17-19-28(20-18-23)32-29(25-13-7-3-8-14-25)21-27(24-11-5-2-6-12-24)22-30(32)31(33)26-15-9-4-10-16-26/h2-22H,1H3/q+1. The largest absolute Gasteiger partial charge is 0.282 e. The maximum atomic E-state index is 13.9. The van der Waals surface area contributed by atoms with E-state index in [1.165, 1.54) is 5.56 Å². The Hall–Kier alpha value is -4.30. The van der Waals surface area contributed by atoms with Gasteiger partial charge in [-0.15, -0.1) is 4.57 Å². The van der Waals surface area contributed by atoms with Crippen LogP contribution >= 0.6 is 0 Å². The molecule has 2 heteroatoms. The molecule has 0 radical (unpaired) electrons. The number of rotatable bonds is 5. The Balaban J connectivity index is 1.85. The van der Waals surface area contributed by atoms with Crippen molar-refractivity contribution in [2.45, 2.75) is 6.92 Å². The third kappa shape index (κ3) is 4.24. The van der Waals surface area contributed by atoms with Crippen molar-refractivity contribution in [3.8, 4) is 28.1 Å². The fraction of sp³-hybridized carbons (Fsp3) is 0.0323. The predicted octanol–water partition coefficient (Wildman–Crippen LogP) is 6.84. The van der Waals surface area contributed by atoms with Crippen molar-refractivity contribution in [3.63, 3.8) is 0 Å². The monoisotopic (exact) mass is 426 g/mol. The number of ketones is 1. The SMILES string of the molecule is Cc1ccc(-[n+]2c(C(=O)c3ccccc3)cc(-c3ccccc3)cc2-c2ccccc2)cc1. The van der Waals surface area contributed by atoms with Gasteiger partial charge in [0.05, 0.1) is 0 Å². The minimum atomic E-state index is -0.00821. The van der Waals surface area contributed by atoms with Gasteiger partial charge in [-0.3, -0.25) is 4.79 Å². The van der Waals surface area contributed by atoms with Crippen molar-refractivity contribution < 1.29 is 9.36 Å². The van der Waals surface area contributed by atoms with Crippen molar-refractivity contribution in [1.29, 1.82) is 0 Å². The first-order valence-corrected chi connectivity index (χ1v) is 11.1. The van der Waals surface area contributed by atoms with Crippen LogP contribution in [0.5, 0.6) is 0 Å². The molecule has 33 heavy (non-hydrogen) atoms. The molecule has 0 spiro atoms. The number of carbonyl (C=O) groups excluding carboxylic acids is 1. The molecule has 4 aromatic carbocycles. The molecule has 1 heterocycles. The van der Waals surface area contributed by atoms with E-state index in [0.717, 1.165) is 28.1 Å². The van der Waals surface area contributed by atoms with Crippen molar-refractivity contribution in [2.75, 3.05) is 0 Å². The van der Waals surface area contributed by atoms with Crippen LogP contribution in [-0.4, -0.2) is 5.78 Å². The Morgan fingerprint density at radius 3 is 1.73 bits per heavy atom. The molecule has 0 unspecified atom stereocenters.